The van der Waals surface area contributed by atoms with Crippen molar-refractivity contribution < 1.29 is 29.7 Å². The number of anilines is 2. The van der Waals surface area contributed by atoms with E-state index in [0.29, 0.717) is 16.8 Å². The molecule has 0 spiro atoms. The van der Waals surface area contributed by atoms with Crippen molar-refractivity contribution >= 4 is 33.8 Å². The molecule has 3 aromatic carbocycles. The van der Waals surface area contributed by atoms with Gasteiger partial charge in [0, 0.05) is 17.7 Å². The second-order valence-corrected chi connectivity index (χ2v) is 8.52. The first kappa shape index (κ1) is 24.1. The van der Waals surface area contributed by atoms with Gasteiger partial charge in [0.25, 0.3) is 6.01 Å². The van der Waals surface area contributed by atoms with Crippen LogP contribution in [0.4, 0.5) is 24.4 Å². The maximum absolute atomic E-state index is 14.7. The molecule has 0 unspecified atom stereocenters. The van der Waals surface area contributed by atoms with Crippen molar-refractivity contribution in [1.29, 1.82) is 5.26 Å². The number of nitriles is 1. The predicted octanol–water partition coefficient (Wildman–Crippen LogP) is 6.07. The highest BCUT2D eigenvalue weighted by atomic mass is 35.5. The summed E-state index contributed by atoms with van der Waals surface area (Å²) in [5.74, 6) is -1.77. The minimum absolute atomic E-state index is 0.0656. The standard InChI is InChI=1S/C23H13ClF3N3O4S/c24-20-9-16(4-1-14(20)11-28)30-23-29-12-18(33-23)10-19-21(25)7-15(8-22(19)26)13-2-5-17(6-3-13)34-35(27,31)32/h1-9,12H,10H2,(H,29,30). The highest BCUT2D eigenvalue weighted by Gasteiger charge is 2.16. The first-order valence-corrected chi connectivity index (χ1v) is 11.4. The minimum atomic E-state index is -5.18. The molecule has 0 aliphatic rings. The van der Waals surface area contributed by atoms with Gasteiger partial charge in [-0.25, -0.2) is 13.8 Å². The van der Waals surface area contributed by atoms with E-state index in [-0.39, 0.29) is 40.1 Å². The maximum atomic E-state index is 14.7. The quantitative estimate of drug-likeness (QED) is 0.295. The normalized spacial score (nSPS) is 11.2. The fraction of sp³-hybridized carbons (Fsp3) is 0.0435. The van der Waals surface area contributed by atoms with Crippen molar-refractivity contribution in [3.05, 3.63) is 94.3 Å². The van der Waals surface area contributed by atoms with Gasteiger partial charge in [-0.2, -0.15) is 13.7 Å². The van der Waals surface area contributed by atoms with Crippen LogP contribution in [0.3, 0.4) is 0 Å². The van der Waals surface area contributed by atoms with E-state index in [1.807, 2.05) is 6.07 Å². The van der Waals surface area contributed by atoms with Gasteiger partial charge in [0.1, 0.15) is 29.2 Å². The summed E-state index contributed by atoms with van der Waals surface area (Å²) in [6.45, 7) is 0. The van der Waals surface area contributed by atoms with Gasteiger partial charge in [-0.15, -0.1) is 0 Å². The molecule has 1 N–H and O–H groups in total. The summed E-state index contributed by atoms with van der Waals surface area (Å²) in [4.78, 5) is 4.03. The zero-order chi connectivity index (χ0) is 25.2. The number of nitrogens with one attached hydrogen (secondary N) is 1. The fourth-order valence-corrected chi connectivity index (χ4v) is 3.75. The number of hydrogen-bond acceptors (Lipinski definition) is 7. The summed E-state index contributed by atoms with van der Waals surface area (Å²) < 4.78 is 72.8. The van der Waals surface area contributed by atoms with Crippen LogP contribution in [0.1, 0.15) is 16.9 Å². The second-order valence-electron chi connectivity index (χ2n) is 7.16. The average molecular weight is 520 g/mol. The summed E-state index contributed by atoms with van der Waals surface area (Å²) >= 11 is 5.99. The van der Waals surface area contributed by atoms with Crippen LogP contribution in [0.15, 0.2) is 65.2 Å². The Hall–Kier alpha value is -4.01. The van der Waals surface area contributed by atoms with E-state index in [4.69, 9.17) is 21.3 Å². The molecule has 4 aromatic rings. The Bertz CT molecular complexity index is 1530. The minimum Gasteiger partial charge on any atom is -0.428 e. The SMILES string of the molecule is N#Cc1ccc(Nc2ncc(Cc3c(F)cc(-c4ccc(OS(=O)(=O)F)cc4)cc3F)o2)cc1Cl. The van der Waals surface area contributed by atoms with Gasteiger partial charge in [-0.1, -0.05) is 27.6 Å². The van der Waals surface area contributed by atoms with Gasteiger partial charge in [0.05, 0.1) is 16.8 Å². The van der Waals surface area contributed by atoms with Gasteiger partial charge in [0.15, 0.2) is 0 Å². The average Bonchev–Trinajstić information content (AvgIpc) is 3.22. The number of rotatable bonds is 7. The molecule has 178 valence electrons. The topological polar surface area (TPSA) is 105 Å². The van der Waals surface area contributed by atoms with E-state index in [9.17, 15) is 21.1 Å². The summed E-state index contributed by atoms with van der Waals surface area (Å²) in [7, 11) is -5.18. The fourth-order valence-electron chi connectivity index (χ4n) is 3.18. The van der Waals surface area contributed by atoms with Gasteiger partial charge in [-0.05, 0) is 53.6 Å². The number of halogens is 4. The molecule has 1 heterocycles. The summed E-state index contributed by atoms with van der Waals surface area (Å²) in [6.07, 6.45) is 1.10. The van der Waals surface area contributed by atoms with Crippen molar-refractivity contribution in [2.45, 2.75) is 6.42 Å². The Morgan fingerprint density at radius 1 is 1.06 bits per heavy atom. The lowest BCUT2D eigenvalue weighted by Crippen LogP contribution is -2.01. The molecule has 0 atom stereocenters. The monoisotopic (exact) mass is 519 g/mol. The zero-order valence-corrected chi connectivity index (χ0v) is 19.0. The van der Waals surface area contributed by atoms with Crippen LogP contribution in [-0.4, -0.2) is 13.4 Å². The molecule has 0 bridgehead atoms. The summed E-state index contributed by atoms with van der Waals surface area (Å²) in [5, 5.41) is 12.0. The number of nitrogens with zero attached hydrogens (tertiary/aromatic N) is 2. The Balaban J connectivity index is 1.49. The van der Waals surface area contributed by atoms with Crippen LogP contribution in [0.2, 0.25) is 5.02 Å². The molecule has 0 saturated carbocycles. The molecular formula is C23H13ClF3N3O4S. The molecule has 7 nitrogen and oxygen atoms in total. The molecule has 4 rings (SSSR count). The van der Waals surface area contributed by atoms with Gasteiger partial charge in [0.2, 0.25) is 0 Å². The van der Waals surface area contributed by atoms with Gasteiger partial charge >= 0.3 is 10.5 Å². The van der Waals surface area contributed by atoms with Crippen molar-refractivity contribution in [3.8, 4) is 22.9 Å². The van der Waals surface area contributed by atoms with E-state index < -0.39 is 22.1 Å². The Labute approximate surface area is 202 Å². The maximum Gasteiger partial charge on any atom is 0.488 e. The number of benzene rings is 3. The molecule has 1 aromatic heterocycles. The zero-order valence-electron chi connectivity index (χ0n) is 17.4. The van der Waals surface area contributed by atoms with E-state index in [1.165, 1.54) is 30.5 Å². The molecular weight excluding hydrogens is 507 g/mol. The lowest BCUT2D eigenvalue weighted by molar-refractivity contribution is 0.440. The lowest BCUT2D eigenvalue weighted by atomic mass is 10.0. The highest BCUT2D eigenvalue weighted by molar-refractivity contribution is 7.81. The Morgan fingerprint density at radius 3 is 2.34 bits per heavy atom. The molecule has 35 heavy (non-hydrogen) atoms. The summed E-state index contributed by atoms with van der Waals surface area (Å²) in [6, 6.07) is 13.8. The molecule has 0 saturated heterocycles. The van der Waals surface area contributed by atoms with E-state index in [0.717, 1.165) is 24.3 Å². The van der Waals surface area contributed by atoms with Crippen molar-refractivity contribution in [2.24, 2.45) is 0 Å². The third-order valence-electron chi connectivity index (χ3n) is 4.77. The highest BCUT2D eigenvalue weighted by Crippen LogP contribution is 2.29. The summed E-state index contributed by atoms with van der Waals surface area (Å²) in [5.41, 5.74) is 1.09. The van der Waals surface area contributed by atoms with Crippen molar-refractivity contribution in [3.63, 3.8) is 0 Å². The van der Waals surface area contributed by atoms with Crippen LogP contribution in [0, 0.1) is 23.0 Å². The molecule has 0 aliphatic carbocycles. The van der Waals surface area contributed by atoms with Crippen molar-refractivity contribution in [2.75, 3.05) is 5.32 Å². The van der Waals surface area contributed by atoms with Gasteiger partial charge in [-0.3, -0.25) is 0 Å². The third-order valence-corrected chi connectivity index (χ3v) is 5.47. The van der Waals surface area contributed by atoms with Gasteiger partial charge < -0.3 is 13.9 Å². The van der Waals surface area contributed by atoms with Crippen LogP contribution in [-0.2, 0) is 16.9 Å². The van der Waals surface area contributed by atoms with Crippen LogP contribution < -0.4 is 9.50 Å². The van der Waals surface area contributed by atoms with Crippen LogP contribution in [0.25, 0.3) is 11.1 Å². The molecule has 0 radical (unpaired) electrons. The molecule has 0 fully saturated rings. The van der Waals surface area contributed by atoms with Crippen LogP contribution in [0.5, 0.6) is 5.75 Å². The van der Waals surface area contributed by atoms with Crippen molar-refractivity contribution in [1.82, 2.24) is 4.98 Å². The third kappa shape index (κ3) is 5.92. The second kappa shape index (κ2) is 9.69. The Morgan fingerprint density at radius 2 is 1.74 bits per heavy atom. The molecule has 0 aliphatic heterocycles. The number of hydrogen-bond donors (Lipinski definition) is 1. The lowest BCUT2D eigenvalue weighted by Gasteiger charge is -2.08. The molecule has 12 heteroatoms. The van der Waals surface area contributed by atoms with E-state index in [1.54, 1.807) is 6.07 Å². The van der Waals surface area contributed by atoms with Crippen LogP contribution >= 0.6 is 11.6 Å². The first-order chi connectivity index (χ1) is 16.6. The number of aromatic nitrogens is 1. The largest absolute Gasteiger partial charge is 0.488 e. The molecule has 0 amide bonds. The number of oxazole rings is 1. The smallest absolute Gasteiger partial charge is 0.428 e. The van der Waals surface area contributed by atoms with E-state index >= 15 is 0 Å². The predicted molar refractivity (Wildman–Crippen MR) is 121 cm³/mol. The van der Waals surface area contributed by atoms with E-state index in [2.05, 4.69) is 14.5 Å². The first-order valence-electron chi connectivity index (χ1n) is 9.75. The Kier molecular flexibility index (Phi) is 6.68.